The molecule has 0 unspecified atom stereocenters. The first-order valence-corrected chi connectivity index (χ1v) is 10.0. The highest BCUT2D eigenvalue weighted by molar-refractivity contribution is 6.30. The van der Waals surface area contributed by atoms with Gasteiger partial charge in [0.25, 0.3) is 0 Å². The van der Waals surface area contributed by atoms with E-state index in [-0.39, 0.29) is 11.3 Å². The van der Waals surface area contributed by atoms with Crippen LogP contribution in [0.1, 0.15) is 27.2 Å². The fourth-order valence-corrected chi connectivity index (χ4v) is 3.58. The van der Waals surface area contributed by atoms with Crippen LogP contribution in [-0.4, -0.2) is 61.9 Å². The Labute approximate surface area is 174 Å². The molecule has 1 aliphatic rings. The van der Waals surface area contributed by atoms with Gasteiger partial charge in [0.2, 0.25) is 5.91 Å². The smallest absolute Gasteiger partial charge is 0.223 e. The van der Waals surface area contributed by atoms with Crippen LogP contribution < -0.4 is 4.90 Å². The van der Waals surface area contributed by atoms with Gasteiger partial charge in [-0.15, -0.1) is 5.10 Å². The number of amides is 1. The average molecular weight is 414 g/mol. The molecule has 9 heteroatoms. The van der Waals surface area contributed by atoms with E-state index in [9.17, 15) is 4.79 Å². The molecule has 1 aliphatic heterocycles. The van der Waals surface area contributed by atoms with Gasteiger partial charge < -0.3 is 9.80 Å². The van der Waals surface area contributed by atoms with Crippen molar-refractivity contribution in [3.8, 4) is 5.69 Å². The Bertz CT molecular complexity index is 1020. The summed E-state index contributed by atoms with van der Waals surface area (Å²) in [6, 6.07) is 7.36. The SMILES string of the molecule is CC(C)(C)CC(=O)N1CCN(c2ncnc3c2nnn3-c2ccc(Cl)cc2)CC1. The van der Waals surface area contributed by atoms with Crippen molar-refractivity contribution in [1.82, 2.24) is 29.9 Å². The van der Waals surface area contributed by atoms with E-state index in [0.717, 1.165) is 11.5 Å². The Balaban J connectivity index is 1.54. The highest BCUT2D eigenvalue weighted by Gasteiger charge is 2.27. The maximum absolute atomic E-state index is 12.5. The summed E-state index contributed by atoms with van der Waals surface area (Å²) >= 11 is 5.98. The van der Waals surface area contributed by atoms with E-state index in [1.54, 1.807) is 16.8 Å². The highest BCUT2D eigenvalue weighted by Crippen LogP contribution is 2.25. The third-order valence-corrected chi connectivity index (χ3v) is 5.16. The minimum Gasteiger partial charge on any atom is -0.351 e. The van der Waals surface area contributed by atoms with Crippen LogP contribution in [0.2, 0.25) is 5.02 Å². The number of aromatic nitrogens is 5. The number of hydrogen-bond acceptors (Lipinski definition) is 6. The second-order valence-corrected chi connectivity index (χ2v) is 8.89. The number of piperazine rings is 1. The first-order chi connectivity index (χ1) is 13.8. The van der Waals surface area contributed by atoms with E-state index in [1.807, 2.05) is 17.0 Å². The van der Waals surface area contributed by atoms with Gasteiger partial charge in [-0.3, -0.25) is 4.79 Å². The topological polar surface area (TPSA) is 80.0 Å². The summed E-state index contributed by atoms with van der Waals surface area (Å²) in [5.74, 6) is 0.955. The van der Waals surface area contributed by atoms with Crippen LogP contribution in [0.25, 0.3) is 16.9 Å². The molecule has 8 nitrogen and oxygen atoms in total. The Morgan fingerprint density at radius 2 is 1.76 bits per heavy atom. The molecule has 4 rings (SSSR count). The zero-order valence-electron chi connectivity index (χ0n) is 16.8. The molecule has 1 aromatic carbocycles. The summed E-state index contributed by atoms with van der Waals surface area (Å²) in [5, 5.41) is 9.25. The van der Waals surface area contributed by atoms with Gasteiger partial charge in [-0.2, -0.15) is 4.68 Å². The van der Waals surface area contributed by atoms with Crippen LogP contribution in [0.5, 0.6) is 0 Å². The molecule has 0 atom stereocenters. The molecule has 0 aliphatic carbocycles. The van der Waals surface area contributed by atoms with Gasteiger partial charge in [-0.25, -0.2) is 9.97 Å². The number of anilines is 1. The molecular formula is C20H24ClN7O. The standard InChI is InChI=1S/C20H24ClN7O/c1-20(2,3)12-16(29)26-8-10-27(11-9-26)18-17-19(23-13-22-18)28(25-24-17)15-6-4-14(21)5-7-15/h4-7,13H,8-12H2,1-3H3. The van der Waals surface area contributed by atoms with E-state index in [0.29, 0.717) is 48.8 Å². The summed E-state index contributed by atoms with van der Waals surface area (Å²) in [5.41, 5.74) is 2.12. The lowest BCUT2D eigenvalue weighted by Crippen LogP contribution is -2.49. The first kappa shape index (κ1) is 19.6. The molecule has 0 bridgehead atoms. The Kier molecular flexibility index (Phi) is 5.12. The van der Waals surface area contributed by atoms with Crippen LogP contribution in [0, 0.1) is 5.41 Å². The van der Waals surface area contributed by atoms with Gasteiger partial charge in [-0.1, -0.05) is 37.6 Å². The molecule has 0 N–H and O–H groups in total. The summed E-state index contributed by atoms with van der Waals surface area (Å²) in [4.78, 5) is 25.4. The molecular weight excluding hydrogens is 390 g/mol. The predicted octanol–water partition coefficient (Wildman–Crippen LogP) is 2.95. The zero-order chi connectivity index (χ0) is 20.6. The van der Waals surface area contributed by atoms with Crippen molar-refractivity contribution >= 4 is 34.5 Å². The molecule has 29 heavy (non-hydrogen) atoms. The summed E-state index contributed by atoms with van der Waals surface area (Å²) in [6.45, 7) is 9.01. The minimum absolute atomic E-state index is 0.00674. The number of nitrogens with zero attached hydrogens (tertiary/aromatic N) is 7. The molecule has 1 fully saturated rings. The fraction of sp³-hybridized carbons (Fsp3) is 0.450. The second kappa shape index (κ2) is 7.59. The second-order valence-electron chi connectivity index (χ2n) is 8.45. The van der Waals surface area contributed by atoms with Crippen molar-refractivity contribution in [1.29, 1.82) is 0 Å². The summed E-state index contributed by atoms with van der Waals surface area (Å²) in [6.07, 6.45) is 2.09. The third kappa shape index (κ3) is 4.17. The van der Waals surface area contributed by atoms with E-state index in [4.69, 9.17) is 11.6 Å². The zero-order valence-corrected chi connectivity index (χ0v) is 17.6. The van der Waals surface area contributed by atoms with Crippen LogP contribution >= 0.6 is 11.6 Å². The van der Waals surface area contributed by atoms with Gasteiger partial charge >= 0.3 is 0 Å². The molecule has 0 spiro atoms. The molecule has 0 saturated carbocycles. The van der Waals surface area contributed by atoms with Crippen molar-refractivity contribution < 1.29 is 4.79 Å². The summed E-state index contributed by atoms with van der Waals surface area (Å²) in [7, 11) is 0. The number of benzene rings is 1. The van der Waals surface area contributed by atoms with Crippen molar-refractivity contribution in [2.24, 2.45) is 5.41 Å². The molecule has 1 amide bonds. The van der Waals surface area contributed by atoms with E-state index < -0.39 is 0 Å². The largest absolute Gasteiger partial charge is 0.351 e. The van der Waals surface area contributed by atoms with Gasteiger partial charge in [0.15, 0.2) is 17.0 Å². The highest BCUT2D eigenvalue weighted by atomic mass is 35.5. The van der Waals surface area contributed by atoms with E-state index in [2.05, 4.69) is 46.0 Å². The molecule has 152 valence electrons. The number of carbonyl (C=O) groups excluding carboxylic acids is 1. The summed E-state index contributed by atoms with van der Waals surface area (Å²) < 4.78 is 1.68. The molecule has 0 radical (unpaired) electrons. The van der Waals surface area contributed by atoms with Crippen molar-refractivity contribution in [2.75, 3.05) is 31.1 Å². The maximum Gasteiger partial charge on any atom is 0.223 e. The van der Waals surface area contributed by atoms with Crippen molar-refractivity contribution in [3.63, 3.8) is 0 Å². The number of halogens is 1. The number of fused-ring (bicyclic) bond motifs is 1. The monoisotopic (exact) mass is 413 g/mol. The van der Waals surface area contributed by atoms with Crippen LogP contribution in [0.3, 0.4) is 0 Å². The van der Waals surface area contributed by atoms with Gasteiger partial charge in [0, 0.05) is 37.6 Å². The quantitative estimate of drug-likeness (QED) is 0.656. The normalized spacial score (nSPS) is 15.2. The van der Waals surface area contributed by atoms with Crippen LogP contribution in [0.15, 0.2) is 30.6 Å². The lowest BCUT2D eigenvalue weighted by molar-refractivity contribution is -0.133. The van der Waals surface area contributed by atoms with Gasteiger partial charge in [0.1, 0.15) is 6.33 Å². The van der Waals surface area contributed by atoms with Gasteiger partial charge in [0.05, 0.1) is 5.69 Å². The Hall–Kier alpha value is -2.74. The van der Waals surface area contributed by atoms with E-state index in [1.165, 1.54) is 6.33 Å². The minimum atomic E-state index is -0.00674. The Morgan fingerprint density at radius 3 is 2.41 bits per heavy atom. The predicted molar refractivity (Wildman–Crippen MR) is 112 cm³/mol. The van der Waals surface area contributed by atoms with Crippen LogP contribution in [0.4, 0.5) is 5.82 Å². The number of rotatable bonds is 3. The van der Waals surface area contributed by atoms with Crippen LogP contribution in [-0.2, 0) is 4.79 Å². The number of hydrogen-bond donors (Lipinski definition) is 0. The molecule has 2 aromatic heterocycles. The molecule has 3 aromatic rings. The number of carbonyl (C=O) groups is 1. The fourth-order valence-electron chi connectivity index (χ4n) is 3.46. The third-order valence-electron chi connectivity index (χ3n) is 4.90. The Morgan fingerprint density at radius 1 is 1.07 bits per heavy atom. The maximum atomic E-state index is 12.5. The first-order valence-electron chi connectivity index (χ1n) is 9.67. The van der Waals surface area contributed by atoms with E-state index >= 15 is 0 Å². The molecule has 1 saturated heterocycles. The lowest BCUT2D eigenvalue weighted by Gasteiger charge is -2.36. The van der Waals surface area contributed by atoms with Gasteiger partial charge in [-0.05, 0) is 29.7 Å². The lowest BCUT2D eigenvalue weighted by atomic mass is 9.91. The molecule has 3 heterocycles. The van der Waals surface area contributed by atoms with Crippen molar-refractivity contribution in [2.45, 2.75) is 27.2 Å². The average Bonchev–Trinajstić information content (AvgIpc) is 3.12. The van der Waals surface area contributed by atoms with Crippen molar-refractivity contribution in [3.05, 3.63) is 35.6 Å².